The Labute approximate surface area is 131 Å². The van der Waals surface area contributed by atoms with Gasteiger partial charge in [0.15, 0.2) is 17.4 Å². The number of alkyl halides is 4. The van der Waals surface area contributed by atoms with Crippen molar-refractivity contribution in [2.75, 3.05) is 0 Å². The second-order valence-corrected chi connectivity index (χ2v) is 4.75. The van der Waals surface area contributed by atoms with Crippen LogP contribution in [0, 0.1) is 11.6 Å². The molecule has 0 unspecified atom stereocenters. The van der Waals surface area contributed by atoms with Crippen LogP contribution < -0.4 is 4.74 Å². The summed E-state index contributed by atoms with van der Waals surface area (Å²) in [6.07, 6.45) is -1.53. The minimum Gasteiger partial charge on any atom is -0.432 e. The molecule has 3 aromatic rings. The topological polar surface area (TPSA) is 27.1 Å². The lowest BCUT2D eigenvalue weighted by molar-refractivity contribution is -0.0523. The van der Waals surface area contributed by atoms with Crippen molar-refractivity contribution in [3.63, 3.8) is 0 Å². The van der Waals surface area contributed by atoms with Gasteiger partial charge in [0.25, 0.3) is 6.43 Å². The van der Waals surface area contributed by atoms with Crippen LogP contribution in [0.4, 0.5) is 26.3 Å². The highest BCUT2D eigenvalue weighted by Crippen LogP contribution is 2.29. The Bertz CT molecular complexity index is 893. The summed E-state index contributed by atoms with van der Waals surface area (Å²) in [5.41, 5.74) is -0.919. The van der Waals surface area contributed by atoms with Gasteiger partial charge in [0.1, 0.15) is 11.3 Å². The van der Waals surface area contributed by atoms with Crippen molar-refractivity contribution >= 4 is 11.0 Å². The third-order valence-electron chi connectivity index (χ3n) is 3.26. The molecule has 0 amide bonds. The number of hydrogen-bond acceptors (Lipinski definition) is 2. The molecule has 0 radical (unpaired) electrons. The third-order valence-corrected chi connectivity index (χ3v) is 3.26. The molecule has 0 saturated heterocycles. The summed E-state index contributed by atoms with van der Waals surface area (Å²) < 4.78 is 82.7. The number of nitrogens with zero attached hydrogens (tertiary/aromatic N) is 2. The SMILES string of the molecule is Fc1cc(-n2ccc3ccc(C(F)F)nc32)c(F)cc1OC(F)F. The smallest absolute Gasteiger partial charge is 0.387 e. The molecule has 0 spiro atoms. The van der Waals surface area contributed by atoms with Crippen LogP contribution in [0.5, 0.6) is 5.75 Å². The molecule has 2 heterocycles. The van der Waals surface area contributed by atoms with E-state index in [-0.39, 0.29) is 11.3 Å². The summed E-state index contributed by atoms with van der Waals surface area (Å²) in [4.78, 5) is 3.73. The van der Waals surface area contributed by atoms with Crippen LogP contribution in [0.3, 0.4) is 0 Å². The summed E-state index contributed by atoms with van der Waals surface area (Å²) in [7, 11) is 0. The highest BCUT2D eigenvalue weighted by atomic mass is 19.3. The van der Waals surface area contributed by atoms with Gasteiger partial charge in [-0.15, -0.1) is 0 Å². The third kappa shape index (κ3) is 2.89. The molecule has 3 nitrogen and oxygen atoms in total. The fourth-order valence-electron chi connectivity index (χ4n) is 2.23. The lowest BCUT2D eigenvalue weighted by atomic mass is 10.2. The number of pyridine rings is 1. The molecule has 3 rings (SSSR count). The fraction of sp³-hybridized carbons (Fsp3) is 0.133. The molecular weight excluding hydrogens is 338 g/mol. The van der Waals surface area contributed by atoms with Crippen LogP contribution in [0.1, 0.15) is 12.1 Å². The Morgan fingerprint density at radius 3 is 2.38 bits per heavy atom. The van der Waals surface area contributed by atoms with Crippen molar-refractivity contribution in [2.24, 2.45) is 0 Å². The van der Waals surface area contributed by atoms with E-state index in [0.717, 1.165) is 10.6 Å². The first-order chi connectivity index (χ1) is 11.4. The molecule has 9 heteroatoms. The Morgan fingerprint density at radius 2 is 1.71 bits per heavy atom. The average Bonchev–Trinajstić information content (AvgIpc) is 2.93. The van der Waals surface area contributed by atoms with Crippen LogP contribution in [-0.2, 0) is 0 Å². The van der Waals surface area contributed by atoms with Crippen LogP contribution in [0.25, 0.3) is 16.7 Å². The molecule has 0 atom stereocenters. The number of benzene rings is 1. The number of halogens is 6. The zero-order valence-electron chi connectivity index (χ0n) is 11.7. The van der Waals surface area contributed by atoms with E-state index in [4.69, 9.17) is 0 Å². The van der Waals surface area contributed by atoms with Gasteiger partial charge in [-0.2, -0.15) is 8.78 Å². The van der Waals surface area contributed by atoms with Crippen LogP contribution in [0.15, 0.2) is 36.5 Å². The van der Waals surface area contributed by atoms with E-state index in [1.807, 2.05) is 0 Å². The van der Waals surface area contributed by atoms with Crippen molar-refractivity contribution in [3.05, 3.63) is 53.9 Å². The molecule has 1 aromatic carbocycles. The molecule has 126 valence electrons. The van der Waals surface area contributed by atoms with E-state index in [1.54, 1.807) is 0 Å². The first kappa shape index (κ1) is 16.2. The van der Waals surface area contributed by atoms with Crippen molar-refractivity contribution < 1.29 is 31.1 Å². The minimum atomic E-state index is -3.31. The zero-order valence-corrected chi connectivity index (χ0v) is 11.7. The Balaban J connectivity index is 2.13. The normalized spacial score (nSPS) is 11.7. The number of fused-ring (bicyclic) bond motifs is 1. The first-order valence-electron chi connectivity index (χ1n) is 6.57. The lowest BCUT2D eigenvalue weighted by Crippen LogP contribution is -2.06. The number of hydrogen-bond donors (Lipinski definition) is 0. The standard InChI is InChI=1S/C15H8F6N2O/c16-8-6-12(24-15(20)21)9(17)5-11(8)23-4-3-7-1-2-10(13(18)19)22-14(7)23/h1-6,13,15H. The summed E-state index contributed by atoms with van der Waals surface area (Å²) in [5.74, 6) is -3.25. The van der Waals surface area contributed by atoms with Gasteiger partial charge in [-0.25, -0.2) is 22.5 Å². The molecule has 0 aliphatic rings. The van der Waals surface area contributed by atoms with Gasteiger partial charge in [0.2, 0.25) is 0 Å². The molecule has 2 aromatic heterocycles. The predicted octanol–water partition coefficient (Wildman–Crippen LogP) is 4.84. The lowest BCUT2D eigenvalue weighted by Gasteiger charge is -2.11. The molecule has 0 bridgehead atoms. The van der Waals surface area contributed by atoms with Gasteiger partial charge < -0.3 is 4.74 Å². The second kappa shape index (κ2) is 6.06. The Morgan fingerprint density at radius 1 is 0.958 bits per heavy atom. The molecule has 0 aliphatic carbocycles. The van der Waals surface area contributed by atoms with Gasteiger partial charge in [0.05, 0.1) is 5.69 Å². The quantitative estimate of drug-likeness (QED) is 0.632. The largest absolute Gasteiger partial charge is 0.432 e. The van der Waals surface area contributed by atoms with Gasteiger partial charge in [-0.3, -0.25) is 4.57 Å². The van der Waals surface area contributed by atoms with Crippen LogP contribution in [-0.4, -0.2) is 16.2 Å². The molecule has 0 N–H and O–H groups in total. The van der Waals surface area contributed by atoms with E-state index in [9.17, 15) is 26.3 Å². The second-order valence-electron chi connectivity index (χ2n) is 4.75. The van der Waals surface area contributed by atoms with E-state index in [2.05, 4.69) is 9.72 Å². The molecule has 0 fully saturated rings. The summed E-state index contributed by atoms with van der Waals surface area (Å²) in [6.45, 7) is -3.31. The molecule has 0 aliphatic heterocycles. The van der Waals surface area contributed by atoms with Crippen molar-refractivity contribution in [1.29, 1.82) is 0 Å². The maximum atomic E-state index is 14.1. The predicted molar refractivity (Wildman–Crippen MR) is 72.6 cm³/mol. The maximum Gasteiger partial charge on any atom is 0.387 e. The van der Waals surface area contributed by atoms with E-state index in [0.29, 0.717) is 17.5 Å². The van der Waals surface area contributed by atoms with Crippen LogP contribution >= 0.6 is 0 Å². The Hall–Kier alpha value is -2.71. The zero-order chi connectivity index (χ0) is 17.4. The highest BCUT2D eigenvalue weighted by molar-refractivity contribution is 5.78. The van der Waals surface area contributed by atoms with Gasteiger partial charge >= 0.3 is 6.61 Å². The number of rotatable bonds is 4. The van der Waals surface area contributed by atoms with Gasteiger partial charge in [-0.05, 0) is 18.2 Å². The fourth-order valence-corrected chi connectivity index (χ4v) is 2.23. The Kier molecular flexibility index (Phi) is 4.08. The first-order valence-corrected chi connectivity index (χ1v) is 6.57. The summed E-state index contributed by atoms with van der Waals surface area (Å²) >= 11 is 0. The van der Waals surface area contributed by atoms with Gasteiger partial charge in [-0.1, -0.05) is 0 Å². The molecule has 24 heavy (non-hydrogen) atoms. The van der Waals surface area contributed by atoms with Crippen molar-refractivity contribution in [1.82, 2.24) is 9.55 Å². The van der Waals surface area contributed by atoms with E-state index in [1.165, 1.54) is 18.3 Å². The number of aromatic nitrogens is 2. The monoisotopic (exact) mass is 346 g/mol. The molecule has 0 saturated carbocycles. The minimum absolute atomic E-state index is 0.0198. The average molecular weight is 346 g/mol. The maximum absolute atomic E-state index is 14.1. The van der Waals surface area contributed by atoms with Gasteiger partial charge in [0, 0.05) is 23.7 Å². The summed E-state index contributed by atoms with van der Waals surface area (Å²) in [5, 5.41) is 0.423. The summed E-state index contributed by atoms with van der Waals surface area (Å²) in [6, 6.07) is 5.04. The van der Waals surface area contributed by atoms with E-state index >= 15 is 0 Å². The highest BCUT2D eigenvalue weighted by Gasteiger charge is 2.18. The van der Waals surface area contributed by atoms with Crippen molar-refractivity contribution in [2.45, 2.75) is 13.0 Å². The molecular formula is C15H8F6N2O. The number of ether oxygens (including phenoxy) is 1. The van der Waals surface area contributed by atoms with E-state index < -0.39 is 36.1 Å². The van der Waals surface area contributed by atoms with Crippen LogP contribution in [0.2, 0.25) is 0 Å². The van der Waals surface area contributed by atoms with Crippen molar-refractivity contribution in [3.8, 4) is 11.4 Å².